The summed E-state index contributed by atoms with van der Waals surface area (Å²) < 4.78 is 5.80. The predicted octanol–water partition coefficient (Wildman–Crippen LogP) is 3.25. The topological polar surface area (TPSA) is 32.7 Å². The molecule has 0 saturated carbocycles. The van der Waals surface area contributed by atoms with Gasteiger partial charge in [-0.3, -0.25) is 4.90 Å². The molecule has 0 atom stereocenters. The number of rotatable bonds is 1. The third kappa shape index (κ3) is 2.46. The molecule has 0 unspecified atom stereocenters. The zero-order valence-corrected chi connectivity index (χ0v) is 11.9. The number of phenolic OH excluding ortho intramolecular Hbond substituents is 1. The van der Waals surface area contributed by atoms with Crippen LogP contribution in [0.4, 0.5) is 0 Å². The lowest BCUT2D eigenvalue weighted by Gasteiger charge is -2.33. The monoisotopic (exact) mass is 249 g/mol. The number of aromatic hydroxyl groups is 1. The molecular weight excluding hydrogens is 226 g/mol. The highest BCUT2D eigenvalue weighted by molar-refractivity contribution is 5.49. The smallest absolute Gasteiger partial charge is 0.142 e. The highest BCUT2D eigenvalue weighted by Gasteiger charge is 2.25. The Morgan fingerprint density at radius 2 is 1.94 bits per heavy atom. The van der Waals surface area contributed by atoms with E-state index in [1.54, 1.807) is 0 Å². The molecule has 0 bridgehead atoms. The van der Waals surface area contributed by atoms with Gasteiger partial charge in [-0.25, -0.2) is 0 Å². The summed E-state index contributed by atoms with van der Waals surface area (Å²) in [4.78, 5) is 2.23. The second-order valence-corrected chi connectivity index (χ2v) is 6.34. The Labute approximate surface area is 109 Å². The van der Waals surface area contributed by atoms with Crippen molar-refractivity contribution >= 4 is 0 Å². The van der Waals surface area contributed by atoms with Gasteiger partial charge in [0.2, 0.25) is 0 Å². The van der Waals surface area contributed by atoms with Gasteiger partial charge in [-0.05, 0) is 31.4 Å². The first-order chi connectivity index (χ1) is 8.29. The Hall–Kier alpha value is -1.22. The predicted molar refractivity (Wildman–Crippen MR) is 73.0 cm³/mol. The summed E-state index contributed by atoms with van der Waals surface area (Å²) >= 11 is 0. The first-order valence-corrected chi connectivity index (χ1v) is 6.52. The fourth-order valence-corrected chi connectivity index (χ4v) is 2.22. The third-order valence-electron chi connectivity index (χ3n) is 3.48. The SMILES string of the molecule is CC(C)N1COc2cc(C(C)(C)C)c(O)cc2C1. The van der Waals surface area contributed by atoms with Crippen LogP contribution in [0.15, 0.2) is 12.1 Å². The molecule has 18 heavy (non-hydrogen) atoms. The standard InChI is InChI=1S/C15H23NO2/c1-10(2)16-8-11-6-13(17)12(15(3,4)5)7-14(11)18-9-16/h6-7,10,17H,8-9H2,1-5H3. The number of hydrogen-bond acceptors (Lipinski definition) is 3. The van der Waals surface area contributed by atoms with Gasteiger partial charge in [-0.2, -0.15) is 0 Å². The van der Waals surface area contributed by atoms with E-state index in [0.717, 1.165) is 23.4 Å². The van der Waals surface area contributed by atoms with Crippen LogP contribution in [0.5, 0.6) is 11.5 Å². The van der Waals surface area contributed by atoms with Gasteiger partial charge >= 0.3 is 0 Å². The molecule has 0 aliphatic carbocycles. The molecule has 3 nitrogen and oxygen atoms in total. The summed E-state index contributed by atoms with van der Waals surface area (Å²) in [5.74, 6) is 1.28. The largest absolute Gasteiger partial charge is 0.508 e. The fourth-order valence-electron chi connectivity index (χ4n) is 2.22. The Bertz CT molecular complexity index is 447. The number of ether oxygens (including phenoxy) is 1. The minimum absolute atomic E-state index is 0.0718. The average Bonchev–Trinajstić information content (AvgIpc) is 2.25. The van der Waals surface area contributed by atoms with E-state index in [4.69, 9.17) is 4.74 Å². The molecule has 1 aliphatic heterocycles. The van der Waals surface area contributed by atoms with Gasteiger partial charge in [0, 0.05) is 23.7 Å². The lowest BCUT2D eigenvalue weighted by Crippen LogP contribution is -2.37. The molecule has 0 amide bonds. The molecule has 2 rings (SSSR count). The lowest BCUT2D eigenvalue weighted by molar-refractivity contribution is 0.0682. The van der Waals surface area contributed by atoms with Crippen LogP contribution >= 0.6 is 0 Å². The number of fused-ring (bicyclic) bond motifs is 1. The van der Waals surface area contributed by atoms with Crippen LogP contribution in [0, 0.1) is 0 Å². The van der Waals surface area contributed by atoms with Crippen molar-refractivity contribution in [1.29, 1.82) is 0 Å². The van der Waals surface area contributed by atoms with E-state index in [2.05, 4.69) is 39.5 Å². The van der Waals surface area contributed by atoms with E-state index in [1.165, 1.54) is 0 Å². The zero-order chi connectivity index (χ0) is 13.5. The van der Waals surface area contributed by atoms with Crippen LogP contribution < -0.4 is 4.74 Å². The maximum atomic E-state index is 10.2. The van der Waals surface area contributed by atoms with Gasteiger partial charge in [0.05, 0.1) is 0 Å². The lowest BCUT2D eigenvalue weighted by atomic mass is 9.85. The van der Waals surface area contributed by atoms with E-state index < -0.39 is 0 Å². The van der Waals surface area contributed by atoms with Crippen molar-refractivity contribution in [2.75, 3.05) is 6.73 Å². The third-order valence-corrected chi connectivity index (χ3v) is 3.48. The van der Waals surface area contributed by atoms with Crippen molar-refractivity contribution in [3.63, 3.8) is 0 Å². The summed E-state index contributed by atoms with van der Waals surface area (Å²) in [5, 5.41) is 10.2. The van der Waals surface area contributed by atoms with E-state index in [9.17, 15) is 5.11 Å². The molecule has 1 aromatic carbocycles. The molecule has 1 aliphatic rings. The van der Waals surface area contributed by atoms with Crippen molar-refractivity contribution in [2.24, 2.45) is 0 Å². The average molecular weight is 249 g/mol. The fraction of sp³-hybridized carbons (Fsp3) is 0.600. The van der Waals surface area contributed by atoms with Crippen LogP contribution in [-0.2, 0) is 12.0 Å². The number of hydrogen-bond donors (Lipinski definition) is 1. The highest BCUT2D eigenvalue weighted by Crippen LogP contribution is 2.38. The second kappa shape index (κ2) is 4.47. The highest BCUT2D eigenvalue weighted by atomic mass is 16.5. The van der Waals surface area contributed by atoms with Crippen molar-refractivity contribution < 1.29 is 9.84 Å². The van der Waals surface area contributed by atoms with Crippen LogP contribution in [-0.4, -0.2) is 22.8 Å². The van der Waals surface area contributed by atoms with Gasteiger partial charge < -0.3 is 9.84 Å². The molecule has 0 spiro atoms. The molecule has 1 aromatic rings. The molecule has 0 radical (unpaired) electrons. The number of benzene rings is 1. The van der Waals surface area contributed by atoms with Gasteiger partial charge in [0.15, 0.2) is 0 Å². The van der Waals surface area contributed by atoms with E-state index in [0.29, 0.717) is 18.5 Å². The first-order valence-electron chi connectivity index (χ1n) is 6.52. The molecule has 1 heterocycles. The van der Waals surface area contributed by atoms with Gasteiger partial charge in [0.25, 0.3) is 0 Å². The zero-order valence-electron chi connectivity index (χ0n) is 11.9. The van der Waals surface area contributed by atoms with Crippen molar-refractivity contribution in [3.8, 4) is 11.5 Å². The van der Waals surface area contributed by atoms with Gasteiger partial charge in [0.1, 0.15) is 18.2 Å². The van der Waals surface area contributed by atoms with E-state index in [1.807, 2.05) is 12.1 Å². The number of nitrogens with zero attached hydrogens (tertiary/aromatic N) is 1. The Morgan fingerprint density at radius 3 is 2.50 bits per heavy atom. The Morgan fingerprint density at radius 1 is 1.28 bits per heavy atom. The van der Waals surface area contributed by atoms with Crippen LogP contribution in [0.1, 0.15) is 45.7 Å². The summed E-state index contributed by atoms with van der Waals surface area (Å²) in [5.41, 5.74) is 1.94. The Kier molecular flexibility index (Phi) is 3.28. The molecule has 0 saturated heterocycles. The maximum Gasteiger partial charge on any atom is 0.142 e. The second-order valence-electron chi connectivity index (χ2n) is 6.34. The molecule has 0 fully saturated rings. The molecule has 0 aromatic heterocycles. The van der Waals surface area contributed by atoms with Crippen molar-refractivity contribution in [2.45, 2.75) is 52.6 Å². The van der Waals surface area contributed by atoms with Crippen LogP contribution in [0.2, 0.25) is 0 Å². The maximum absolute atomic E-state index is 10.2. The summed E-state index contributed by atoms with van der Waals surface area (Å²) in [6.07, 6.45) is 0. The minimum atomic E-state index is -0.0718. The van der Waals surface area contributed by atoms with Crippen LogP contribution in [0.3, 0.4) is 0 Å². The van der Waals surface area contributed by atoms with Crippen molar-refractivity contribution in [1.82, 2.24) is 4.90 Å². The summed E-state index contributed by atoms with van der Waals surface area (Å²) in [7, 11) is 0. The van der Waals surface area contributed by atoms with Gasteiger partial charge in [-0.1, -0.05) is 20.8 Å². The molecular formula is C15H23NO2. The molecule has 3 heteroatoms. The van der Waals surface area contributed by atoms with Crippen LogP contribution in [0.25, 0.3) is 0 Å². The number of phenols is 1. The van der Waals surface area contributed by atoms with Gasteiger partial charge in [-0.15, -0.1) is 0 Å². The van der Waals surface area contributed by atoms with Crippen molar-refractivity contribution in [3.05, 3.63) is 23.3 Å². The van der Waals surface area contributed by atoms with E-state index >= 15 is 0 Å². The molecule has 100 valence electrons. The summed E-state index contributed by atoms with van der Waals surface area (Å²) in [6, 6.07) is 4.29. The molecule has 1 N–H and O–H groups in total. The quantitative estimate of drug-likeness (QED) is 0.829. The Balaban J connectivity index is 2.36. The van der Waals surface area contributed by atoms with E-state index in [-0.39, 0.29) is 5.41 Å². The normalized spacial score (nSPS) is 16.6. The summed E-state index contributed by atoms with van der Waals surface area (Å²) in [6.45, 7) is 12.0. The minimum Gasteiger partial charge on any atom is -0.508 e. The first kappa shape index (κ1) is 13.2.